The fourth-order valence-corrected chi connectivity index (χ4v) is 24.4. The summed E-state index contributed by atoms with van der Waals surface area (Å²) in [6.45, 7) is 24.1. The molecule has 18 rings (SSSR count). The molecule has 3 fully saturated rings. The summed E-state index contributed by atoms with van der Waals surface area (Å²) in [6.07, 6.45) is -3.21. The van der Waals surface area contributed by atoms with E-state index in [2.05, 4.69) is 60.5 Å². The number of phosphoric ester groups is 1. The van der Waals surface area contributed by atoms with E-state index in [0.29, 0.717) is 68.8 Å². The molecule has 0 radical (unpaired) electrons. The third kappa shape index (κ3) is 16.1. The molecule has 3 aliphatic carbocycles. The van der Waals surface area contributed by atoms with Crippen LogP contribution >= 0.6 is 7.82 Å². The molecular weight excluding hydrogens is 1830 g/mol. The molecule has 0 spiro atoms. The Kier molecular flexibility index (Phi) is 21.7. The number of imidazole rings is 3. The highest BCUT2D eigenvalue weighted by Gasteiger charge is 2.68. The molecular formula is C93H96F12N21O10P. The van der Waals surface area contributed by atoms with Gasteiger partial charge in [0.1, 0.15) is 19.6 Å². The molecule has 0 saturated heterocycles. The van der Waals surface area contributed by atoms with Crippen molar-refractivity contribution in [1.29, 1.82) is 0 Å². The third-order valence-corrected chi connectivity index (χ3v) is 28.2. The van der Waals surface area contributed by atoms with Gasteiger partial charge in [-0.25, -0.2) is 33.9 Å². The number of hydrogen-bond acceptors (Lipinski definition) is 19. The number of rotatable bonds is 21. The molecule has 12 heterocycles. The first-order valence-electron chi connectivity index (χ1n) is 44.0. The van der Waals surface area contributed by atoms with Crippen molar-refractivity contribution in [2.45, 2.75) is 235 Å². The third-order valence-electron chi connectivity index (χ3n) is 26.7. The first kappa shape index (κ1) is 94.6. The quantitative estimate of drug-likeness (QED) is 0.0444. The minimum atomic E-state index is -6.50. The number of nitrogens with zero attached hydrogens (tertiary/aromatic N) is 18. The topological polar surface area (TPSA) is 353 Å². The van der Waals surface area contributed by atoms with Crippen LogP contribution < -0.4 is 33.7 Å². The average molecular weight is 1930 g/mol. The Bertz CT molecular complexity index is 7150. The molecule has 3 aromatic carbocycles. The van der Waals surface area contributed by atoms with Gasteiger partial charge in [-0.2, -0.15) is 96.8 Å². The van der Waals surface area contributed by atoms with Crippen LogP contribution in [0.15, 0.2) is 157 Å². The van der Waals surface area contributed by atoms with E-state index in [-0.39, 0.29) is 50.6 Å². The molecule has 6 atom stereocenters. The van der Waals surface area contributed by atoms with Crippen LogP contribution in [0, 0.1) is 50.3 Å². The van der Waals surface area contributed by atoms with Crippen LogP contribution in [0.1, 0.15) is 213 Å². The van der Waals surface area contributed by atoms with E-state index < -0.39 is 199 Å². The highest BCUT2D eigenvalue weighted by Crippen LogP contribution is 2.73. The van der Waals surface area contributed by atoms with Crippen molar-refractivity contribution in [3.8, 4) is 33.8 Å². The lowest BCUT2D eigenvalue weighted by Crippen LogP contribution is -2.64. The number of phosphoric acid groups is 1. The number of fused-ring (bicyclic) bond motifs is 6. The van der Waals surface area contributed by atoms with Gasteiger partial charge < -0.3 is 0 Å². The predicted octanol–water partition coefficient (Wildman–Crippen LogP) is 18.1. The van der Waals surface area contributed by atoms with Crippen LogP contribution in [0.25, 0.3) is 83.4 Å². The molecule has 0 unspecified atom stereocenters. The smallest absolute Gasteiger partial charge is 0.273 e. The van der Waals surface area contributed by atoms with Crippen molar-refractivity contribution < 1.29 is 70.8 Å². The van der Waals surface area contributed by atoms with Crippen LogP contribution in [0.2, 0.25) is 0 Å². The summed E-state index contributed by atoms with van der Waals surface area (Å²) < 4.78 is 225. The van der Waals surface area contributed by atoms with Gasteiger partial charge >= 0.3 is 43.4 Å². The second kappa shape index (κ2) is 31.4. The van der Waals surface area contributed by atoms with Crippen LogP contribution in [-0.2, 0) is 54.9 Å². The van der Waals surface area contributed by atoms with E-state index in [9.17, 15) is 39.5 Å². The zero-order chi connectivity index (χ0) is 99.2. The van der Waals surface area contributed by atoms with Gasteiger partial charge in [0.25, 0.3) is 16.7 Å². The van der Waals surface area contributed by atoms with Crippen LogP contribution in [0.5, 0.6) is 0 Å². The lowest BCUT2D eigenvalue weighted by molar-refractivity contribution is -0.263. The summed E-state index contributed by atoms with van der Waals surface area (Å²) in [4.78, 5) is 114. The minimum Gasteiger partial charge on any atom is -0.273 e. The van der Waals surface area contributed by atoms with Crippen LogP contribution in [-0.4, -0.2) is 120 Å². The first-order valence-corrected chi connectivity index (χ1v) is 45.5. The van der Waals surface area contributed by atoms with Crippen molar-refractivity contribution in [1.82, 2.24) is 102 Å². The van der Waals surface area contributed by atoms with E-state index in [0.717, 1.165) is 78.5 Å². The maximum absolute atomic E-state index is 19.4. The molecule has 0 amide bonds. The fourth-order valence-electron chi connectivity index (χ4n) is 21.4. The van der Waals surface area contributed by atoms with Crippen LogP contribution in [0.3, 0.4) is 0 Å². The fraction of sp³-hybridized carbons (Fsp3) is 0.452. The predicted molar refractivity (Wildman–Crippen MR) is 479 cm³/mol. The Hall–Kier alpha value is -12.8. The molecule has 15 aromatic rings. The van der Waals surface area contributed by atoms with Gasteiger partial charge in [-0.1, -0.05) is 161 Å². The lowest BCUT2D eigenvalue weighted by atomic mass is 9.68. The normalized spacial score (nSPS) is 18.1. The van der Waals surface area contributed by atoms with Gasteiger partial charge in [-0.05, 0) is 108 Å². The second-order valence-corrected chi connectivity index (χ2v) is 43.6. The van der Waals surface area contributed by atoms with E-state index >= 15 is 46.5 Å². The van der Waals surface area contributed by atoms with Crippen molar-refractivity contribution in [2.75, 3.05) is 0 Å². The number of aromatic amines is 3. The molecule has 0 bridgehead atoms. The first-order chi connectivity index (χ1) is 63.5. The largest absolute Gasteiger partial charge is 0.481 e. The van der Waals surface area contributed by atoms with Gasteiger partial charge in [-0.15, -0.1) is 0 Å². The molecule has 0 aliphatic heterocycles. The lowest BCUT2D eigenvalue weighted by Gasteiger charge is -2.59. The molecule has 3 aliphatic rings. The van der Waals surface area contributed by atoms with E-state index in [4.69, 9.17) is 13.6 Å². The summed E-state index contributed by atoms with van der Waals surface area (Å²) >= 11 is 0. The monoisotopic (exact) mass is 1930 g/mol. The second-order valence-electron chi connectivity index (χ2n) is 42.1. The Balaban J connectivity index is 0.834. The Morgan fingerprint density at radius 2 is 0.591 bits per heavy atom. The zero-order valence-corrected chi connectivity index (χ0v) is 78.3. The minimum absolute atomic E-state index is 0.0150. The maximum atomic E-state index is 19.4. The van der Waals surface area contributed by atoms with Gasteiger partial charge in [0.15, 0.2) is 34.1 Å². The van der Waals surface area contributed by atoms with Crippen molar-refractivity contribution in [2.24, 2.45) is 32.5 Å². The van der Waals surface area contributed by atoms with E-state index in [1.807, 2.05) is 0 Å². The summed E-state index contributed by atoms with van der Waals surface area (Å²) in [5.74, 6) is -6.09. The van der Waals surface area contributed by atoms with E-state index in [1.54, 1.807) is 179 Å². The summed E-state index contributed by atoms with van der Waals surface area (Å²) in [5.41, 5.74) is -25.2. The number of H-pyrrole nitrogens is 3. The molecule has 3 saturated carbocycles. The number of benzene rings is 3. The average Bonchev–Trinajstić information content (AvgIpc) is 1.58. The summed E-state index contributed by atoms with van der Waals surface area (Å²) in [6, 6.07) is 19.1. The number of aromatic nitrogens is 21. The van der Waals surface area contributed by atoms with Gasteiger partial charge in [0, 0.05) is 83.9 Å². The van der Waals surface area contributed by atoms with Gasteiger partial charge in [0.05, 0.1) is 87.5 Å². The molecule has 12 aromatic heterocycles. The van der Waals surface area contributed by atoms with E-state index in [1.165, 1.54) is 36.8 Å². The SMILES string of the molecule is CC(C)(C)C(OP(=O)(OC(n1cc(-c2cc([C@H]3C[C@@H]3c3ccc4cnn(CC(F)(F)F)c4c3)c3ncc(F)n3n2)c(=O)[nH]c1=O)(C(C)(C)C)C(C)(C)C)OC(n1cc(-c2cc([C@H]3C[C@@H]3c3ccc4cnn(CC(F)(F)F)c4c3)c3ncc(F)n3n2)c(=O)[nH]c1=O)(C(C)(C)C)C(C)(C)C)(n1cc(-c2cc([C@H]3C[C@@H]3c3ccc4cnn(CC(F)(F)F)c4c3)c3ncc(F)n3n2)c(=O)[nH]c1=O)C(C)(C)C. The molecule has 137 heavy (non-hydrogen) atoms. The molecule has 44 heteroatoms. The standard InChI is InChI=1S/C93H96F12N21O10P/c1-82(2,3)91(83(4,5)6,118-40-61(76(127)112-79(118)130)64-31-58(73-106-37-70(94)124(73)115-64)55-28-52(55)46-19-22-49-34-109-121(67(49)25-46)43-88(97,98)99)134-137(133,135-92(84(7,8)9,85(10,11)12)119-41-62(77(128)113-80(119)131)65-32-59(74-107-38-71(95)125(74)116-65)56-29-53(56)47-20-23-50-35-110-122(68(50)26-47)44-89(100,101)102)136-93(86(13,14)15,87(16,17)18)120-42-63(78(129)114-81(120)132)66-33-60(75-108-39-72(96)126(75)117-66)57-30-54(57)48-21-24-51-36-111-123(69(51)27-48)45-90(103,104)105/h19-27,31-42,52-57H,28-30,43-45H2,1-18H3,(H,112,127,130)(H,113,128,131)(H,114,129,132)/t52-,53-,54-,55+,56+,57+/m1/s1. The van der Waals surface area contributed by atoms with Crippen molar-refractivity contribution in [3.63, 3.8) is 0 Å². The van der Waals surface area contributed by atoms with Crippen molar-refractivity contribution >= 4 is 57.5 Å². The molecule has 31 nitrogen and oxygen atoms in total. The Morgan fingerprint density at radius 1 is 0.350 bits per heavy atom. The molecule has 722 valence electrons. The Labute approximate surface area is 769 Å². The molecule has 3 N–H and O–H groups in total. The summed E-state index contributed by atoms with van der Waals surface area (Å²) in [5, 5.41) is 27.0. The highest BCUT2D eigenvalue weighted by molar-refractivity contribution is 7.48. The Morgan fingerprint density at radius 3 is 0.818 bits per heavy atom. The number of hydrogen-bond donors (Lipinski definition) is 3. The number of nitrogens with one attached hydrogen (secondary N) is 3. The maximum Gasteiger partial charge on any atom is 0.481 e. The number of alkyl halides is 9. The van der Waals surface area contributed by atoms with Gasteiger partial charge in [0.2, 0.25) is 17.8 Å². The van der Waals surface area contributed by atoms with Gasteiger partial charge in [-0.3, -0.25) is 70.7 Å². The number of halogens is 12. The highest BCUT2D eigenvalue weighted by atomic mass is 31.2. The summed E-state index contributed by atoms with van der Waals surface area (Å²) in [7, 11) is -6.50. The zero-order valence-electron chi connectivity index (χ0n) is 77.4. The van der Waals surface area contributed by atoms with Crippen LogP contribution in [0.4, 0.5) is 52.7 Å². The van der Waals surface area contributed by atoms with Crippen molar-refractivity contribution in [3.05, 3.63) is 242 Å².